The molecule has 5 atom stereocenters. The number of nitriles is 1. The van der Waals surface area contributed by atoms with Crippen molar-refractivity contribution < 1.29 is 56.0 Å². The van der Waals surface area contributed by atoms with Gasteiger partial charge >= 0.3 is 18.3 Å². The smallest absolute Gasteiger partial charge is 0.412 e. The Hall–Kier alpha value is -5.86. The van der Waals surface area contributed by atoms with Crippen LogP contribution in [0.1, 0.15) is 18.1 Å². The van der Waals surface area contributed by atoms with Crippen molar-refractivity contribution in [2.75, 3.05) is 29.2 Å². The Balaban J connectivity index is 1.46. The number of ether oxygens (including phenoxy) is 6. The van der Waals surface area contributed by atoms with Crippen molar-refractivity contribution in [3.63, 3.8) is 0 Å². The van der Waals surface area contributed by atoms with Crippen molar-refractivity contribution in [3.8, 4) is 6.07 Å². The number of hydrogen-bond acceptors (Lipinski definition) is 10. The third kappa shape index (κ3) is 11.1. The van der Waals surface area contributed by atoms with Gasteiger partial charge in [0.15, 0.2) is 18.5 Å². The third-order valence-electron chi connectivity index (χ3n) is 7.64. The molecule has 1 aliphatic heterocycles. The van der Waals surface area contributed by atoms with E-state index in [9.17, 15) is 32.8 Å². The molecule has 3 amide bonds. The normalized spacial score (nSPS) is 19.1. The minimum absolute atomic E-state index is 0.0344. The summed E-state index contributed by atoms with van der Waals surface area (Å²) in [4.78, 5) is 39.6. The van der Waals surface area contributed by atoms with Crippen LogP contribution in [0.5, 0.6) is 0 Å². The van der Waals surface area contributed by atoms with E-state index in [1.54, 1.807) is 13.0 Å². The molecule has 4 aromatic rings. The third-order valence-corrected chi connectivity index (χ3v) is 7.89. The summed E-state index contributed by atoms with van der Waals surface area (Å²) in [7, 11) is 0. The van der Waals surface area contributed by atoms with Crippen molar-refractivity contribution in [2.24, 2.45) is 0 Å². The van der Waals surface area contributed by atoms with Gasteiger partial charge in [-0.25, -0.2) is 27.6 Å². The SMILES string of the molecule is CCO[C@@H]1O[C@H](COC(=O)Nc2cccc(C#N)c2)[C@@H](OC(=O)Nc2ccc(Cl)cc2)[C@H](OC(=O)Nc2ccc(F)cc2F)[C@H]1OCc1ccc(F)cc1. The van der Waals surface area contributed by atoms with E-state index >= 15 is 0 Å². The van der Waals surface area contributed by atoms with Crippen molar-refractivity contribution >= 4 is 46.9 Å². The second-order valence-corrected chi connectivity index (χ2v) is 11.9. The maximum atomic E-state index is 14.5. The number of hydrogen-bond donors (Lipinski definition) is 3. The van der Waals surface area contributed by atoms with Crippen molar-refractivity contribution in [1.82, 2.24) is 0 Å². The Morgan fingerprint density at radius 2 is 1.46 bits per heavy atom. The molecule has 5 rings (SSSR count). The lowest BCUT2D eigenvalue weighted by atomic mass is 9.98. The van der Waals surface area contributed by atoms with Crippen LogP contribution in [0.25, 0.3) is 0 Å². The first kappa shape index (κ1) is 39.3. The van der Waals surface area contributed by atoms with E-state index in [4.69, 9.17) is 40.0 Å². The highest BCUT2D eigenvalue weighted by Crippen LogP contribution is 2.31. The number of rotatable bonds is 12. The molecule has 1 fully saturated rings. The van der Waals surface area contributed by atoms with Gasteiger partial charge in [0.1, 0.15) is 36.3 Å². The Kier molecular flexibility index (Phi) is 13.7. The molecule has 282 valence electrons. The molecule has 0 bridgehead atoms. The molecular weight excluding hydrogens is 737 g/mol. The second-order valence-electron chi connectivity index (χ2n) is 11.4. The first-order valence-corrected chi connectivity index (χ1v) is 16.6. The molecule has 0 unspecified atom stereocenters. The van der Waals surface area contributed by atoms with Gasteiger partial charge in [0, 0.05) is 29.1 Å². The monoisotopic (exact) mass is 768 g/mol. The highest BCUT2D eigenvalue weighted by Gasteiger charge is 2.52. The number of benzene rings is 4. The summed E-state index contributed by atoms with van der Waals surface area (Å²) < 4.78 is 76.8. The molecule has 3 N–H and O–H groups in total. The van der Waals surface area contributed by atoms with Crippen LogP contribution in [0, 0.1) is 28.8 Å². The predicted octanol–water partition coefficient (Wildman–Crippen LogP) is 7.76. The zero-order valence-electron chi connectivity index (χ0n) is 28.3. The quantitative estimate of drug-likeness (QED) is 0.121. The van der Waals surface area contributed by atoms with Gasteiger partial charge in [-0.1, -0.05) is 29.8 Å². The summed E-state index contributed by atoms with van der Waals surface area (Å²) in [6.45, 7) is 0.843. The fourth-order valence-corrected chi connectivity index (χ4v) is 5.30. The lowest BCUT2D eigenvalue weighted by Gasteiger charge is -2.44. The number of amides is 3. The van der Waals surface area contributed by atoms with Crippen LogP contribution in [0.3, 0.4) is 0 Å². The largest absolute Gasteiger partial charge is 0.446 e. The van der Waals surface area contributed by atoms with Gasteiger partial charge in [-0.2, -0.15) is 5.26 Å². The van der Waals surface area contributed by atoms with Crippen LogP contribution in [-0.4, -0.2) is 62.2 Å². The first-order chi connectivity index (χ1) is 26.0. The van der Waals surface area contributed by atoms with Crippen molar-refractivity contribution in [2.45, 2.75) is 44.2 Å². The molecule has 4 aromatic carbocycles. The number of carbonyl (C=O) groups excluding carboxylic acids is 3. The lowest BCUT2D eigenvalue weighted by Crippen LogP contribution is -2.63. The van der Waals surface area contributed by atoms with Gasteiger partial charge in [-0.3, -0.25) is 16.0 Å². The Bertz CT molecular complexity index is 1970. The van der Waals surface area contributed by atoms with E-state index in [1.807, 2.05) is 6.07 Å². The molecule has 0 saturated carbocycles. The molecule has 1 saturated heterocycles. The highest BCUT2D eigenvalue weighted by molar-refractivity contribution is 6.30. The molecule has 13 nitrogen and oxygen atoms in total. The molecule has 54 heavy (non-hydrogen) atoms. The van der Waals surface area contributed by atoms with Gasteiger partial charge in [0.05, 0.1) is 23.9 Å². The van der Waals surface area contributed by atoms with Gasteiger partial charge in [-0.15, -0.1) is 0 Å². The predicted molar refractivity (Wildman–Crippen MR) is 187 cm³/mol. The fourth-order valence-electron chi connectivity index (χ4n) is 5.17. The second kappa shape index (κ2) is 18.8. The number of anilines is 3. The molecule has 1 aliphatic rings. The topological polar surface area (TPSA) is 166 Å². The van der Waals surface area contributed by atoms with E-state index in [0.717, 1.165) is 12.1 Å². The molecular formula is C37H32ClF3N4O9. The van der Waals surface area contributed by atoms with Crippen LogP contribution in [0.2, 0.25) is 5.02 Å². The minimum atomic E-state index is -1.63. The number of nitrogens with zero attached hydrogens (tertiary/aromatic N) is 1. The zero-order chi connectivity index (χ0) is 38.6. The fraction of sp³-hybridized carbons (Fsp3) is 0.243. The summed E-state index contributed by atoms with van der Waals surface area (Å²) >= 11 is 5.97. The summed E-state index contributed by atoms with van der Waals surface area (Å²) in [6.07, 6.45) is -10.7. The maximum absolute atomic E-state index is 14.5. The number of nitrogens with one attached hydrogen (secondary N) is 3. The summed E-state index contributed by atoms with van der Waals surface area (Å²) in [5.74, 6) is -2.50. The molecule has 0 radical (unpaired) electrons. The van der Waals surface area contributed by atoms with Crippen LogP contribution in [0.4, 0.5) is 44.6 Å². The molecule has 17 heteroatoms. The highest BCUT2D eigenvalue weighted by atomic mass is 35.5. The van der Waals surface area contributed by atoms with E-state index < -0.39 is 78.7 Å². The average molecular weight is 769 g/mol. The van der Waals surface area contributed by atoms with Crippen LogP contribution in [0.15, 0.2) is 91.0 Å². The standard InChI is InChI=1S/C37H32ClF3N4O9/c1-2-49-34-33(50-19-21-6-10-24(39)11-7-21)32(54-37(48)45-29-15-12-25(40)17-28(29)41)31(53-36(47)43-26-13-8-23(38)9-14-26)30(52-34)20-51-35(46)44-27-5-3-4-22(16-27)18-42/h3-17,30-34H,2,19-20H2,1H3,(H,43,47)(H,44,46)(H,45,48)/t30-,31-,32+,33-,34-/m1/s1. The Morgan fingerprint density at radius 3 is 2.17 bits per heavy atom. The van der Waals surface area contributed by atoms with Gasteiger partial charge in [0.25, 0.3) is 0 Å². The zero-order valence-corrected chi connectivity index (χ0v) is 29.1. The van der Waals surface area contributed by atoms with Gasteiger partial charge in [-0.05, 0) is 79.2 Å². The Labute approximate surface area is 311 Å². The maximum Gasteiger partial charge on any atom is 0.412 e. The first-order valence-electron chi connectivity index (χ1n) is 16.2. The van der Waals surface area contributed by atoms with E-state index in [2.05, 4.69) is 16.0 Å². The number of halogens is 4. The van der Waals surface area contributed by atoms with E-state index in [1.165, 1.54) is 66.7 Å². The summed E-state index contributed by atoms with van der Waals surface area (Å²) in [6, 6.07) is 21.7. The van der Waals surface area contributed by atoms with Crippen LogP contribution in [-0.2, 0) is 35.0 Å². The average Bonchev–Trinajstić information content (AvgIpc) is 3.14. The van der Waals surface area contributed by atoms with Crippen LogP contribution >= 0.6 is 11.6 Å². The molecule has 0 aromatic heterocycles. The van der Waals surface area contributed by atoms with Gasteiger partial charge in [0.2, 0.25) is 0 Å². The molecule has 0 aliphatic carbocycles. The van der Waals surface area contributed by atoms with E-state index in [-0.39, 0.29) is 30.2 Å². The van der Waals surface area contributed by atoms with Crippen molar-refractivity contribution in [3.05, 3.63) is 125 Å². The van der Waals surface area contributed by atoms with Crippen LogP contribution < -0.4 is 16.0 Å². The lowest BCUT2D eigenvalue weighted by molar-refractivity contribution is -0.308. The molecule has 1 heterocycles. The Morgan fingerprint density at radius 1 is 0.778 bits per heavy atom. The van der Waals surface area contributed by atoms with E-state index in [0.29, 0.717) is 16.7 Å². The number of carbonyl (C=O) groups is 3. The summed E-state index contributed by atoms with van der Waals surface area (Å²) in [5, 5.41) is 16.8. The summed E-state index contributed by atoms with van der Waals surface area (Å²) in [5.41, 5.74) is 0.836. The van der Waals surface area contributed by atoms with Gasteiger partial charge < -0.3 is 28.4 Å². The molecule has 0 spiro atoms. The minimum Gasteiger partial charge on any atom is -0.446 e. The van der Waals surface area contributed by atoms with Crippen molar-refractivity contribution in [1.29, 1.82) is 5.26 Å².